The minimum atomic E-state index is -0.809. The minimum absolute atomic E-state index is 0.0108. The molecule has 1 N–H and O–H groups in total. The number of amides is 1. The molecule has 5 nitrogen and oxygen atoms in total. The van der Waals surface area contributed by atoms with Crippen molar-refractivity contribution >= 4 is 23.2 Å². The fraction of sp³-hybridized carbons (Fsp3) is 0.421. The van der Waals surface area contributed by atoms with Gasteiger partial charge in [0.15, 0.2) is 0 Å². The lowest BCUT2D eigenvalue weighted by Gasteiger charge is -2.35. The average Bonchev–Trinajstić information content (AvgIpc) is 3.09. The van der Waals surface area contributed by atoms with Gasteiger partial charge in [0.1, 0.15) is 5.69 Å². The summed E-state index contributed by atoms with van der Waals surface area (Å²) < 4.78 is 0. The zero-order chi connectivity index (χ0) is 17.6. The summed E-state index contributed by atoms with van der Waals surface area (Å²) >= 11 is 1.50. The van der Waals surface area contributed by atoms with E-state index in [4.69, 9.17) is 5.11 Å². The number of rotatable bonds is 6. The summed E-state index contributed by atoms with van der Waals surface area (Å²) in [6.07, 6.45) is 4.23. The number of carboxylic acids is 1. The van der Waals surface area contributed by atoms with Crippen LogP contribution in [0.4, 0.5) is 0 Å². The molecule has 1 aliphatic heterocycles. The molecule has 2 heterocycles. The van der Waals surface area contributed by atoms with E-state index < -0.39 is 5.97 Å². The maximum atomic E-state index is 12.8. The predicted octanol–water partition coefficient (Wildman–Crippen LogP) is 3.59. The molecule has 1 atom stereocenters. The van der Waals surface area contributed by atoms with Crippen molar-refractivity contribution in [3.63, 3.8) is 0 Å². The number of thiazole rings is 1. The quantitative estimate of drug-likeness (QED) is 0.857. The van der Waals surface area contributed by atoms with Crippen molar-refractivity contribution in [2.45, 2.75) is 44.6 Å². The fourth-order valence-electron chi connectivity index (χ4n) is 3.27. The number of carbonyl (C=O) groups is 2. The molecule has 6 heteroatoms. The van der Waals surface area contributed by atoms with Crippen LogP contribution in [0.1, 0.15) is 53.2 Å². The standard InChI is InChI=1S/C19H22N2O3S/c22-18(23)10-9-15-8-4-5-11-21(15)19(24)16-13-25-17(20-16)12-14-6-2-1-3-7-14/h1-3,6-7,13,15H,4-5,8-12H2,(H,22,23). The Labute approximate surface area is 151 Å². The van der Waals surface area contributed by atoms with Crippen molar-refractivity contribution in [2.24, 2.45) is 0 Å². The van der Waals surface area contributed by atoms with Gasteiger partial charge in [0, 0.05) is 30.8 Å². The van der Waals surface area contributed by atoms with Gasteiger partial charge in [-0.25, -0.2) is 4.98 Å². The second-order valence-corrected chi connectivity index (χ2v) is 7.31. The van der Waals surface area contributed by atoms with Crippen molar-refractivity contribution in [1.29, 1.82) is 0 Å². The van der Waals surface area contributed by atoms with Crippen LogP contribution >= 0.6 is 11.3 Å². The molecular formula is C19H22N2O3S. The molecule has 0 spiro atoms. The van der Waals surface area contributed by atoms with Crippen LogP contribution in [0.25, 0.3) is 0 Å². The molecule has 1 unspecified atom stereocenters. The number of aliphatic carboxylic acids is 1. The first-order chi connectivity index (χ1) is 12.1. The highest BCUT2D eigenvalue weighted by atomic mass is 32.1. The molecule has 3 rings (SSSR count). The van der Waals surface area contributed by atoms with Crippen molar-refractivity contribution in [3.8, 4) is 0 Å². The van der Waals surface area contributed by atoms with Crippen LogP contribution < -0.4 is 0 Å². The summed E-state index contributed by atoms with van der Waals surface area (Å²) in [6.45, 7) is 0.689. The summed E-state index contributed by atoms with van der Waals surface area (Å²) in [5.41, 5.74) is 1.66. The van der Waals surface area contributed by atoms with Crippen molar-refractivity contribution < 1.29 is 14.7 Å². The third kappa shape index (κ3) is 4.66. The molecule has 0 radical (unpaired) electrons. The molecule has 1 aliphatic rings. The molecule has 2 aromatic rings. The summed E-state index contributed by atoms with van der Waals surface area (Å²) in [4.78, 5) is 30.0. The van der Waals surface area contributed by atoms with Gasteiger partial charge in [0.2, 0.25) is 0 Å². The Hall–Kier alpha value is -2.21. The first-order valence-electron chi connectivity index (χ1n) is 8.64. The van der Waals surface area contributed by atoms with Crippen LogP contribution in [0.15, 0.2) is 35.7 Å². The van der Waals surface area contributed by atoms with Crippen LogP contribution in [-0.2, 0) is 11.2 Å². The normalized spacial score (nSPS) is 17.4. The number of carbonyl (C=O) groups excluding carboxylic acids is 1. The van der Waals surface area contributed by atoms with Crippen LogP contribution in [0.3, 0.4) is 0 Å². The molecule has 1 aromatic carbocycles. The Morgan fingerprint density at radius 2 is 2.04 bits per heavy atom. The predicted molar refractivity (Wildman–Crippen MR) is 96.9 cm³/mol. The van der Waals surface area contributed by atoms with E-state index in [1.165, 1.54) is 16.9 Å². The lowest BCUT2D eigenvalue weighted by Crippen LogP contribution is -2.44. The third-order valence-electron chi connectivity index (χ3n) is 4.55. The van der Waals surface area contributed by atoms with Crippen LogP contribution in [-0.4, -0.2) is 39.5 Å². The molecule has 25 heavy (non-hydrogen) atoms. The molecule has 1 saturated heterocycles. The molecule has 0 aliphatic carbocycles. The van der Waals surface area contributed by atoms with Gasteiger partial charge in [0.05, 0.1) is 5.01 Å². The van der Waals surface area contributed by atoms with E-state index in [0.717, 1.165) is 30.7 Å². The number of hydrogen-bond acceptors (Lipinski definition) is 4. The van der Waals surface area contributed by atoms with Gasteiger partial charge in [-0.05, 0) is 31.2 Å². The van der Waals surface area contributed by atoms with Gasteiger partial charge in [-0.3, -0.25) is 9.59 Å². The Morgan fingerprint density at radius 1 is 1.24 bits per heavy atom. The summed E-state index contributed by atoms with van der Waals surface area (Å²) in [7, 11) is 0. The van der Waals surface area contributed by atoms with E-state index in [-0.39, 0.29) is 18.4 Å². The number of aromatic nitrogens is 1. The van der Waals surface area contributed by atoms with E-state index in [2.05, 4.69) is 17.1 Å². The fourth-order valence-corrected chi connectivity index (χ4v) is 4.07. The Bertz CT molecular complexity index is 729. The molecule has 0 bridgehead atoms. The second kappa shape index (κ2) is 8.25. The largest absolute Gasteiger partial charge is 0.481 e. The van der Waals surface area contributed by atoms with Gasteiger partial charge in [-0.15, -0.1) is 11.3 Å². The van der Waals surface area contributed by atoms with E-state index in [1.54, 1.807) is 0 Å². The van der Waals surface area contributed by atoms with Crippen molar-refractivity contribution in [1.82, 2.24) is 9.88 Å². The van der Waals surface area contributed by atoms with Gasteiger partial charge in [-0.2, -0.15) is 0 Å². The zero-order valence-electron chi connectivity index (χ0n) is 14.1. The maximum Gasteiger partial charge on any atom is 0.303 e. The highest BCUT2D eigenvalue weighted by Gasteiger charge is 2.29. The minimum Gasteiger partial charge on any atom is -0.481 e. The molecular weight excluding hydrogens is 336 g/mol. The molecule has 1 aromatic heterocycles. The van der Waals surface area contributed by atoms with Crippen molar-refractivity contribution in [2.75, 3.05) is 6.54 Å². The first-order valence-corrected chi connectivity index (χ1v) is 9.52. The Balaban J connectivity index is 1.68. The number of carboxylic acid groups (broad SMARTS) is 1. The molecule has 1 amide bonds. The first kappa shape index (κ1) is 17.6. The smallest absolute Gasteiger partial charge is 0.303 e. The van der Waals surface area contributed by atoms with E-state index in [0.29, 0.717) is 18.7 Å². The van der Waals surface area contributed by atoms with Crippen LogP contribution in [0, 0.1) is 0 Å². The van der Waals surface area contributed by atoms with Gasteiger partial charge in [0.25, 0.3) is 5.91 Å². The molecule has 1 fully saturated rings. The van der Waals surface area contributed by atoms with E-state index in [9.17, 15) is 9.59 Å². The second-order valence-electron chi connectivity index (χ2n) is 6.37. The van der Waals surface area contributed by atoms with Gasteiger partial charge < -0.3 is 10.0 Å². The number of hydrogen-bond donors (Lipinski definition) is 1. The molecule has 132 valence electrons. The topological polar surface area (TPSA) is 70.5 Å². The number of piperidine rings is 1. The van der Waals surface area contributed by atoms with Gasteiger partial charge in [-0.1, -0.05) is 30.3 Å². The number of nitrogens with zero attached hydrogens (tertiary/aromatic N) is 2. The highest BCUT2D eigenvalue weighted by molar-refractivity contribution is 7.09. The lowest BCUT2D eigenvalue weighted by molar-refractivity contribution is -0.137. The third-order valence-corrected chi connectivity index (χ3v) is 5.40. The Morgan fingerprint density at radius 3 is 2.80 bits per heavy atom. The van der Waals surface area contributed by atoms with Crippen molar-refractivity contribution in [3.05, 3.63) is 52.0 Å². The van der Waals surface area contributed by atoms with Crippen LogP contribution in [0.5, 0.6) is 0 Å². The van der Waals surface area contributed by atoms with Gasteiger partial charge >= 0.3 is 5.97 Å². The monoisotopic (exact) mass is 358 g/mol. The summed E-state index contributed by atoms with van der Waals surface area (Å²) in [5, 5.41) is 11.7. The van der Waals surface area contributed by atoms with E-state index in [1.807, 2.05) is 28.5 Å². The highest BCUT2D eigenvalue weighted by Crippen LogP contribution is 2.24. The number of benzene rings is 1. The SMILES string of the molecule is O=C(O)CCC1CCCCN1C(=O)c1csc(Cc2ccccc2)n1. The Kier molecular flexibility index (Phi) is 5.81. The number of likely N-dealkylation sites (tertiary alicyclic amines) is 1. The summed E-state index contributed by atoms with van der Waals surface area (Å²) in [5.74, 6) is -0.873. The van der Waals surface area contributed by atoms with E-state index >= 15 is 0 Å². The van der Waals surface area contributed by atoms with Crippen LogP contribution in [0.2, 0.25) is 0 Å². The zero-order valence-corrected chi connectivity index (χ0v) is 14.9. The summed E-state index contributed by atoms with van der Waals surface area (Å²) in [6, 6.07) is 10.1. The average molecular weight is 358 g/mol. The lowest BCUT2D eigenvalue weighted by atomic mass is 9.97. The maximum absolute atomic E-state index is 12.8. The molecule has 0 saturated carbocycles.